The third-order valence-corrected chi connectivity index (χ3v) is 4.83. The predicted molar refractivity (Wildman–Crippen MR) is 83.5 cm³/mol. The van der Waals surface area contributed by atoms with Gasteiger partial charge in [0.2, 0.25) is 0 Å². The number of carboxylic acids is 1. The first-order valence-electron chi connectivity index (χ1n) is 8.35. The number of hydrogen-bond acceptors (Lipinski definition) is 4. The quantitative estimate of drug-likeness (QED) is 0.720. The fourth-order valence-electron chi connectivity index (χ4n) is 3.25. The van der Waals surface area contributed by atoms with Gasteiger partial charge in [-0.25, -0.2) is 0 Å². The van der Waals surface area contributed by atoms with Crippen molar-refractivity contribution in [3.63, 3.8) is 0 Å². The van der Waals surface area contributed by atoms with Crippen LogP contribution in [0.3, 0.4) is 0 Å². The topological polar surface area (TPSA) is 70.4 Å². The number of carbonyl (C=O) groups is 1. The largest absolute Gasteiger partial charge is 0.480 e. The lowest BCUT2D eigenvalue weighted by atomic mass is 9.85. The summed E-state index contributed by atoms with van der Waals surface area (Å²) in [6, 6.07) is 2.99. The number of hydrogen-bond donors (Lipinski definition) is 2. The number of aromatic nitrogens is 2. The molecule has 0 unspecified atom stereocenters. The highest BCUT2D eigenvalue weighted by molar-refractivity contribution is 5.69. The number of aryl methyl sites for hydroxylation is 1. The number of aliphatic carboxylic acids is 1. The second-order valence-corrected chi connectivity index (χ2v) is 6.61. The van der Waals surface area contributed by atoms with Crippen LogP contribution >= 0.6 is 0 Å². The van der Waals surface area contributed by atoms with Gasteiger partial charge in [-0.1, -0.05) is 0 Å². The summed E-state index contributed by atoms with van der Waals surface area (Å²) in [5.74, 6) is 0.0363. The van der Waals surface area contributed by atoms with Crippen LogP contribution in [0.1, 0.15) is 38.3 Å². The summed E-state index contributed by atoms with van der Waals surface area (Å²) in [6.07, 6.45) is 6.49. The van der Waals surface area contributed by atoms with Crippen molar-refractivity contribution in [3.05, 3.63) is 18.0 Å². The Hall–Kier alpha value is -1.40. The van der Waals surface area contributed by atoms with Gasteiger partial charge in [0.15, 0.2) is 0 Å². The fraction of sp³-hybridized carbons (Fsp3) is 0.750. The maximum atomic E-state index is 11.0. The number of carboxylic acid groups (broad SMARTS) is 1. The molecule has 0 radical (unpaired) electrons. The van der Waals surface area contributed by atoms with E-state index in [1.54, 1.807) is 0 Å². The summed E-state index contributed by atoms with van der Waals surface area (Å²) < 4.78 is 2.01. The molecule has 2 saturated carbocycles. The molecule has 1 heterocycles. The Morgan fingerprint density at radius 2 is 2.27 bits per heavy atom. The second-order valence-electron chi connectivity index (χ2n) is 6.61. The Morgan fingerprint density at radius 1 is 1.50 bits per heavy atom. The number of rotatable bonds is 9. The van der Waals surface area contributed by atoms with Crippen LogP contribution in [0.25, 0.3) is 0 Å². The van der Waals surface area contributed by atoms with Gasteiger partial charge in [0, 0.05) is 37.9 Å². The average molecular weight is 306 g/mol. The van der Waals surface area contributed by atoms with E-state index in [1.807, 2.05) is 10.9 Å². The lowest BCUT2D eigenvalue weighted by Gasteiger charge is -2.43. The Balaban J connectivity index is 1.42. The predicted octanol–water partition coefficient (Wildman–Crippen LogP) is 1.32. The standard InChI is InChI=1S/C16H26N4O2/c1-2-20-14(5-6-18-20)9-17-13-7-15(8-13)19(11-16(21)22)10-12-3-4-12/h5-6,12-13,15,17H,2-4,7-11H2,1H3,(H,21,22). The molecule has 122 valence electrons. The van der Waals surface area contributed by atoms with Crippen molar-refractivity contribution < 1.29 is 9.90 Å². The lowest BCUT2D eigenvalue weighted by Crippen LogP contribution is -2.54. The summed E-state index contributed by atoms with van der Waals surface area (Å²) in [4.78, 5) is 13.2. The fourth-order valence-corrected chi connectivity index (χ4v) is 3.25. The Kier molecular flexibility index (Phi) is 4.78. The molecule has 0 aromatic carbocycles. The van der Waals surface area contributed by atoms with Gasteiger partial charge in [0.05, 0.1) is 12.2 Å². The van der Waals surface area contributed by atoms with Crippen LogP contribution in [0, 0.1) is 5.92 Å². The first-order chi connectivity index (χ1) is 10.7. The molecular weight excluding hydrogens is 280 g/mol. The van der Waals surface area contributed by atoms with Gasteiger partial charge in [-0.15, -0.1) is 0 Å². The van der Waals surface area contributed by atoms with E-state index in [0.717, 1.165) is 38.4 Å². The van der Waals surface area contributed by atoms with Gasteiger partial charge in [-0.2, -0.15) is 5.10 Å². The van der Waals surface area contributed by atoms with E-state index in [2.05, 4.69) is 28.3 Å². The van der Waals surface area contributed by atoms with Crippen molar-refractivity contribution >= 4 is 5.97 Å². The van der Waals surface area contributed by atoms with Crippen LogP contribution in [0.4, 0.5) is 0 Å². The molecule has 0 aliphatic heterocycles. The van der Waals surface area contributed by atoms with Crippen LogP contribution in [0.15, 0.2) is 12.3 Å². The molecule has 3 rings (SSSR count). The molecule has 0 saturated heterocycles. The SMILES string of the molecule is CCn1nccc1CNC1CC(N(CC(=O)O)CC2CC2)C1. The minimum Gasteiger partial charge on any atom is -0.480 e. The maximum absolute atomic E-state index is 11.0. The molecule has 0 amide bonds. The van der Waals surface area contributed by atoms with E-state index in [-0.39, 0.29) is 6.54 Å². The first-order valence-corrected chi connectivity index (χ1v) is 8.35. The average Bonchev–Trinajstić information content (AvgIpc) is 3.12. The highest BCUT2D eigenvalue weighted by Crippen LogP contribution is 2.33. The molecule has 0 spiro atoms. The summed E-state index contributed by atoms with van der Waals surface area (Å²) in [5.41, 5.74) is 1.21. The van der Waals surface area contributed by atoms with Gasteiger partial charge in [0.25, 0.3) is 0 Å². The van der Waals surface area contributed by atoms with Gasteiger partial charge < -0.3 is 10.4 Å². The van der Waals surface area contributed by atoms with Crippen LogP contribution < -0.4 is 5.32 Å². The molecule has 6 nitrogen and oxygen atoms in total. The highest BCUT2D eigenvalue weighted by Gasteiger charge is 2.36. The zero-order valence-corrected chi connectivity index (χ0v) is 13.2. The van der Waals surface area contributed by atoms with Crippen LogP contribution in [-0.2, 0) is 17.9 Å². The van der Waals surface area contributed by atoms with Crippen molar-refractivity contribution in [2.75, 3.05) is 13.1 Å². The monoisotopic (exact) mass is 306 g/mol. The summed E-state index contributed by atoms with van der Waals surface area (Å²) in [6.45, 7) is 4.98. The van der Waals surface area contributed by atoms with Gasteiger partial charge in [0.1, 0.15) is 0 Å². The Labute approximate surface area is 131 Å². The molecule has 1 aromatic rings. The Morgan fingerprint density at radius 3 is 2.91 bits per heavy atom. The summed E-state index contributed by atoms with van der Waals surface area (Å²) in [7, 11) is 0. The molecule has 2 N–H and O–H groups in total. The van der Waals surface area contributed by atoms with Gasteiger partial charge in [-0.05, 0) is 44.6 Å². The molecule has 2 aliphatic rings. The van der Waals surface area contributed by atoms with E-state index in [4.69, 9.17) is 5.11 Å². The molecule has 2 fully saturated rings. The number of nitrogens with one attached hydrogen (secondary N) is 1. The smallest absolute Gasteiger partial charge is 0.317 e. The molecule has 2 aliphatic carbocycles. The lowest BCUT2D eigenvalue weighted by molar-refractivity contribution is -0.139. The van der Waals surface area contributed by atoms with Crippen LogP contribution in [0.5, 0.6) is 0 Å². The van der Waals surface area contributed by atoms with E-state index >= 15 is 0 Å². The van der Waals surface area contributed by atoms with E-state index < -0.39 is 5.97 Å². The van der Waals surface area contributed by atoms with Crippen molar-refractivity contribution in [3.8, 4) is 0 Å². The summed E-state index contributed by atoms with van der Waals surface area (Å²) in [5, 5.41) is 16.9. The normalized spacial score (nSPS) is 24.5. The molecule has 6 heteroatoms. The van der Waals surface area contributed by atoms with E-state index in [0.29, 0.717) is 12.1 Å². The highest BCUT2D eigenvalue weighted by atomic mass is 16.4. The van der Waals surface area contributed by atoms with Crippen LogP contribution in [-0.4, -0.2) is 50.9 Å². The maximum Gasteiger partial charge on any atom is 0.317 e. The minimum atomic E-state index is -0.705. The third kappa shape index (κ3) is 3.87. The zero-order valence-electron chi connectivity index (χ0n) is 13.2. The van der Waals surface area contributed by atoms with Crippen LogP contribution in [0.2, 0.25) is 0 Å². The molecule has 1 aromatic heterocycles. The van der Waals surface area contributed by atoms with Crippen molar-refractivity contribution in [2.24, 2.45) is 5.92 Å². The molecule has 0 bridgehead atoms. The van der Waals surface area contributed by atoms with Crippen molar-refractivity contribution in [1.82, 2.24) is 20.0 Å². The van der Waals surface area contributed by atoms with Gasteiger partial charge in [-0.3, -0.25) is 14.4 Å². The minimum absolute atomic E-state index is 0.191. The first kappa shape index (κ1) is 15.5. The molecular formula is C16H26N4O2. The number of nitrogens with zero attached hydrogens (tertiary/aromatic N) is 3. The van der Waals surface area contributed by atoms with Crippen molar-refractivity contribution in [1.29, 1.82) is 0 Å². The van der Waals surface area contributed by atoms with Gasteiger partial charge >= 0.3 is 5.97 Å². The Bertz CT molecular complexity index is 506. The third-order valence-electron chi connectivity index (χ3n) is 4.83. The zero-order chi connectivity index (χ0) is 15.5. The second kappa shape index (κ2) is 6.79. The van der Waals surface area contributed by atoms with Crippen molar-refractivity contribution in [2.45, 2.75) is 57.8 Å². The molecule has 22 heavy (non-hydrogen) atoms. The van der Waals surface area contributed by atoms with E-state index in [9.17, 15) is 4.79 Å². The van der Waals surface area contributed by atoms with E-state index in [1.165, 1.54) is 18.5 Å². The summed E-state index contributed by atoms with van der Waals surface area (Å²) >= 11 is 0. The molecule has 0 atom stereocenters.